The van der Waals surface area contributed by atoms with E-state index in [0.29, 0.717) is 19.1 Å². The summed E-state index contributed by atoms with van der Waals surface area (Å²) in [5, 5.41) is 15.3. The zero-order chi connectivity index (χ0) is 16.9. The minimum absolute atomic E-state index is 0.522. The second-order valence-electron chi connectivity index (χ2n) is 6.55. The molecule has 2 N–H and O–H groups in total. The van der Waals surface area contributed by atoms with Gasteiger partial charge in [-0.25, -0.2) is 4.99 Å². The summed E-state index contributed by atoms with van der Waals surface area (Å²) in [6, 6.07) is 2.62. The molecule has 0 atom stereocenters. The molecule has 130 valence electrons. The molecule has 7 nitrogen and oxygen atoms in total. The van der Waals surface area contributed by atoms with E-state index in [2.05, 4.69) is 33.1 Å². The van der Waals surface area contributed by atoms with E-state index in [9.17, 15) is 0 Å². The Balaban J connectivity index is 1.65. The highest BCUT2D eigenvalue weighted by molar-refractivity contribution is 5.80. The van der Waals surface area contributed by atoms with Crippen LogP contribution < -0.4 is 10.6 Å². The van der Waals surface area contributed by atoms with Crippen LogP contribution in [-0.4, -0.2) is 31.3 Å². The highest BCUT2D eigenvalue weighted by Gasteiger charge is 2.16. The molecule has 2 aromatic heterocycles. The van der Waals surface area contributed by atoms with Crippen LogP contribution in [0.3, 0.4) is 0 Å². The first-order valence-corrected chi connectivity index (χ1v) is 8.62. The first-order chi connectivity index (χ1) is 11.6. The van der Waals surface area contributed by atoms with Gasteiger partial charge in [0.05, 0.1) is 13.1 Å². The Morgan fingerprint density at radius 2 is 2.08 bits per heavy atom. The number of hydrogen-bond donors (Lipinski definition) is 2. The SMILES string of the molecule is Cc1nnc(CNC(=NCc2ccn(C)c2)NC2CCCC2)n1C. The van der Waals surface area contributed by atoms with Crippen LogP contribution in [0.4, 0.5) is 0 Å². The summed E-state index contributed by atoms with van der Waals surface area (Å²) in [5.74, 6) is 2.68. The predicted octanol–water partition coefficient (Wildman–Crippen LogP) is 1.64. The molecule has 2 aromatic rings. The quantitative estimate of drug-likeness (QED) is 0.646. The van der Waals surface area contributed by atoms with Gasteiger partial charge in [0.15, 0.2) is 11.8 Å². The molecule has 24 heavy (non-hydrogen) atoms. The van der Waals surface area contributed by atoms with Crippen LogP contribution in [-0.2, 0) is 27.2 Å². The summed E-state index contributed by atoms with van der Waals surface area (Å²) in [6.07, 6.45) is 9.18. The number of hydrogen-bond acceptors (Lipinski definition) is 3. The smallest absolute Gasteiger partial charge is 0.192 e. The molecular formula is C17H27N7. The van der Waals surface area contributed by atoms with E-state index in [0.717, 1.165) is 17.6 Å². The zero-order valence-corrected chi connectivity index (χ0v) is 14.8. The van der Waals surface area contributed by atoms with Crippen molar-refractivity contribution in [2.24, 2.45) is 19.1 Å². The lowest BCUT2D eigenvalue weighted by molar-refractivity contribution is 0.606. The normalized spacial score (nSPS) is 15.9. The summed E-state index contributed by atoms with van der Waals surface area (Å²) in [7, 11) is 4.01. The van der Waals surface area contributed by atoms with E-state index in [1.165, 1.54) is 31.2 Å². The van der Waals surface area contributed by atoms with E-state index in [1.54, 1.807) is 0 Å². The third-order valence-corrected chi connectivity index (χ3v) is 4.61. The average molecular weight is 329 g/mol. The van der Waals surface area contributed by atoms with Crippen molar-refractivity contribution in [2.75, 3.05) is 0 Å². The molecule has 0 saturated heterocycles. The Hall–Kier alpha value is -2.31. The fourth-order valence-electron chi connectivity index (χ4n) is 3.01. The third-order valence-electron chi connectivity index (χ3n) is 4.61. The van der Waals surface area contributed by atoms with Crippen molar-refractivity contribution in [2.45, 2.75) is 51.7 Å². The standard InChI is InChI=1S/C17H27N7/c1-13-21-22-16(24(13)3)11-19-17(20-15-6-4-5-7-15)18-10-14-8-9-23(2)12-14/h8-9,12,15H,4-7,10-11H2,1-3H3,(H2,18,19,20). The lowest BCUT2D eigenvalue weighted by atomic mass is 10.2. The van der Waals surface area contributed by atoms with Gasteiger partial charge in [0.25, 0.3) is 0 Å². The van der Waals surface area contributed by atoms with E-state index in [1.807, 2.05) is 36.4 Å². The van der Waals surface area contributed by atoms with Crippen molar-refractivity contribution in [3.8, 4) is 0 Å². The summed E-state index contributed by atoms with van der Waals surface area (Å²) in [6.45, 7) is 3.24. The average Bonchev–Trinajstić information content (AvgIpc) is 3.28. The second-order valence-corrected chi connectivity index (χ2v) is 6.55. The Bertz CT molecular complexity index is 692. The van der Waals surface area contributed by atoms with E-state index < -0.39 is 0 Å². The summed E-state index contributed by atoms with van der Waals surface area (Å²) in [5.41, 5.74) is 1.21. The van der Waals surface area contributed by atoms with Crippen molar-refractivity contribution in [1.29, 1.82) is 0 Å². The van der Waals surface area contributed by atoms with Gasteiger partial charge < -0.3 is 19.8 Å². The van der Waals surface area contributed by atoms with Crippen molar-refractivity contribution < 1.29 is 0 Å². The molecule has 0 bridgehead atoms. The minimum atomic E-state index is 0.522. The van der Waals surface area contributed by atoms with Gasteiger partial charge in [-0.15, -0.1) is 10.2 Å². The van der Waals surface area contributed by atoms with Gasteiger partial charge in [0.1, 0.15) is 5.82 Å². The number of aliphatic imine (C=N–C) groups is 1. The molecule has 1 fully saturated rings. The topological polar surface area (TPSA) is 72.1 Å². The van der Waals surface area contributed by atoms with Crippen LogP contribution >= 0.6 is 0 Å². The van der Waals surface area contributed by atoms with Gasteiger partial charge in [-0.3, -0.25) is 0 Å². The Morgan fingerprint density at radius 3 is 2.71 bits per heavy atom. The predicted molar refractivity (Wildman–Crippen MR) is 94.5 cm³/mol. The van der Waals surface area contributed by atoms with Gasteiger partial charge in [-0.1, -0.05) is 12.8 Å². The maximum absolute atomic E-state index is 4.75. The van der Waals surface area contributed by atoms with Gasteiger partial charge in [0, 0.05) is 32.5 Å². The Kier molecular flexibility index (Phi) is 5.17. The van der Waals surface area contributed by atoms with Crippen LogP contribution in [0.15, 0.2) is 23.5 Å². The monoisotopic (exact) mass is 329 g/mol. The molecular weight excluding hydrogens is 302 g/mol. The van der Waals surface area contributed by atoms with Gasteiger partial charge in [0.2, 0.25) is 0 Å². The summed E-state index contributed by atoms with van der Waals surface area (Å²) < 4.78 is 4.04. The van der Waals surface area contributed by atoms with Crippen LogP contribution in [0.2, 0.25) is 0 Å². The molecule has 0 amide bonds. The Labute approximate surface area is 143 Å². The molecule has 0 spiro atoms. The largest absolute Gasteiger partial charge is 0.357 e. The molecule has 7 heteroatoms. The van der Waals surface area contributed by atoms with E-state index >= 15 is 0 Å². The van der Waals surface area contributed by atoms with Crippen molar-refractivity contribution in [1.82, 2.24) is 30.0 Å². The maximum Gasteiger partial charge on any atom is 0.192 e. The van der Waals surface area contributed by atoms with Gasteiger partial charge in [-0.2, -0.15) is 0 Å². The number of aromatic nitrogens is 4. The first-order valence-electron chi connectivity index (χ1n) is 8.62. The number of guanidine groups is 1. The van der Waals surface area contributed by atoms with Crippen LogP contribution in [0.1, 0.15) is 42.9 Å². The van der Waals surface area contributed by atoms with Gasteiger partial charge in [-0.05, 0) is 31.4 Å². The molecule has 1 aliphatic rings. The van der Waals surface area contributed by atoms with Crippen LogP contribution in [0.5, 0.6) is 0 Å². The second kappa shape index (κ2) is 7.51. The Morgan fingerprint density at radius 1 is 1.29 bits per heavy atom. The van der Waals surface area contributed by atoms with E-state index in [4.69, 9.17) is 4.99 Å². The van der Waals surface area contributed by atoms with Crippen molar-refractivity contribution in [3.05, 3.63) is 35.7 Å². The molecule has 0 aliphatic heterocycles. The van der Waals surface area contributed by atoms with Crippen molar-refractivity contribution >= 4 is 5.96 Å². The van der Waals surface area contributed by atoms with Gasteiger partial charge >= 0.3 is 0 Å². The maximum atomic E-state index is 4.75. The first kappa shape index (κ1) is 16.5. The zero-order valence-electron chi connectivity index (χ0n) is 14.8. The molecule has 1 aliphatic carbocycles. The highest BCUT2D eigenvalue weighted by Crippen LogP contribution is 2.17. The fourth-order valence-corrected chi connectivity index (χ4v) is 3.01. The minimum Gasteiger partial charge on any atom is -0.357 e. The molecule has 1 saturated carbocycles. The highest BCUT2D eigenvalue weighted by atomic mass is 15.3. The number of nitrogens with one attached hydrogen (secondary N) is 2. The number of nitrogens with zero attached hydrogens (tertiary/aromatic N) is 5. The number of rotatable bonds is 5. The molecule has 3 rings (SSSR count). The molecule has 0 aromatic carbocycles. The van der Waals surface area contributed by atoms with E-state index in [-0.39, 0.29) is 0 Å². The van der Waals surface area contributed by atoms with Crippen LogP contribution in [0, 0.1) is 6.92 Å². The summed E-state index contributed by atoms with van der Waals surface area (Å²) in [4.78, 5) is 4.75. The molecule has 0 unspecified atom stereocenters. The lowest BCUT2D eigenvalue weighted by Gasteiger charge is -2.17. The van der Waals surface area contributed by atoms with Crippen LogP contribution in [0.25, 0.3) is 0 Å². The fraction of sp³-hybridized carbons (Fsp3) is 0.588. The van der Waals surface area contributed by atoms with Crippen molar-refractivity contribution in [3.63, 3.8) is 0 Å². The molecule has 2 heterocycles. The third kappa shape index (κ3) is 4.15. The summed E-state index contributed by atoms with van der Waals surface area (Å²) >= 11 is 0. The lowest BCUT2D eigenvalue weighted by Crippen LogP contribution is -2.42. The molecule has 0 radical (unpaired) electrons. The number of aryl methyl sites for hydroxylation is 2.